The Morgan fingerprint density at radius 2 is 1.73 bits per heavy atom. The van der Waals surface area contributed by atoms with Crippen molar-refractivity contribution in [2.45, 2.75) is 25.8 Å². The Kier molecular flexibility index (Phi) is 7.66. The first-order chi connectivity index (χ1) is 12.5. The Bertz CT molecular complexity index is 728. The van der Waals surface area contributed by atoms with Crippen molar-refractivity contribution < 1.29 is 19.1 Å². The number of carbonyl (C=O) groups is 2. The highest BCUT2D eigenvalue weighted by molar-refractivity contribution is 9.10. The topological polar surface area (TPSA) is 64.6 Å². The molecule has 2 aromatic carbocycles. The van der Waals surface area contributed by atoms with Crippen LogP contribution in [0.15, 0.2) is 53.0 Å². The molecule has 0 bridgehead atoms. The van der Waals surface area contributed by atoms with Crippen LogP contribution in [-0.2, 0) is 20.7 Å². The van der Waals surface area contributed by atoms with Crippen molar-refractivity contribution in [2.75, 3.05) is 13.7 Å². The summed E-state index contributed by atoms with van der Waals surface area (Å²) >= 11 is 3.39. The summed E-state index contributed by atoms with van der Waals surface area (Å²) in [7, 11) is 1.58. The van der Waals surface area contributed by atoms with Crippen LogP contribution in [0.1, 0.15) is 30.5 Å². The third kappa shape index (κ3) is 6.19. The number of esters is 1. The van der Waals surface area contributed by atoms with Gasteiger partial charge in [-0.25, -0.2) is 0 Å². The summed E-state index contributed by atoms with van der Waals surface area (Å²) in [4.78, 5) is 24.0. The molecule has 0 aliphatic heterocycles. The highest BCUT2D eigenvalue weighted by Crippen LogP contribution is 2.19. The zero-order valence-corrected chi connectivity index (χ0v) is 16.4. The normalized spacial score (nSPS) is 11.5. The predicted octanol–water partition coefficient (Wildman–Crippen LogP) is 3.81. The monoisotopic (exact) mass is 419 g/mol. The van der Waals surface area contributed by atoms with Crippen LogP contribution in [0.4, 0.5) is 0 Å². The van der Waals surface area contributed by atoms with E-state index in [1.54, 1.807) is 31.4 Å². The molecule has 6 heteroatoms. The fraction of sp³-hybridized carbons (Fsp3) is 0.300. The fourth-order valence-electron chi connectivity index (χ4n) is 2.46. The lowest BCUT2D eigenvalue weighted by Gasteiger charge is -2.17. The van der Waals surface area contributed by atoms with Crippen molar-refractivity contribution in [3.8, 4) is 5.75 Å². The molecule has 2 aromatic rings. The fourth-order valence-corrected chi connectivity index (χ4v) is 2.72. The molecule has 0 aromatic heterocycles. The highest BCUT2D eigenvalue weighted by atomic mass is 79.9. The number of ether oxygens (including phenoxy) is 2. The lowest BCUT2D eigenvalue weighted by Crippen LogP contribution is -2.32. The minimum Gasteiger partial charge on any atom is -0.497 e. The molecule has 1 atom stereocenters. The van der Waals surface area contributed by atoms with Gasteiger partial charge in [0, 0.05) is 4.47 Å². The van der Waals surface area contributed by atoms with E-state index in [0.717, 1.165) is 27.8 Å². The van der Waals surface area contributed by atoms with Gasteiger partial charge in [-0.2, -0.15) is 0 Å². The van der Waals surface area contributed by atoms with Crippen LogP contribution >= 0.6 is 15.9 Å². The van der Waals surface area contributed by atoms with Crippen molar-refractivity contribution in [1.82, 2.24) is 5.32 Å². The molecule has 0 heterocycles. The van der Waals surface area contributed by atoms with E-state index in [2.05, 4.69) is 21.2 Å². The van der Waals surface area contributed by atoms with E-state index >= 15 is 0 Å². The van der Waals surface area contributed by atoms with Crippen LogP contribution in [0, 0.1) is 0 Å². The van der Waals surface area contributed by atoms with Crippen molar-refractivity contribution in [1.29, 1.82) is 0 Å². The van der Waals surface area contributed by atoms with Crippen molar-refractivity contribution in [3.05, 3.63) is 64.1 Å². The molecule has 0 saturated heterocycles. The van der Waals surface area contributed by atoms with Crippen LogP contribution in [0.2, 0.25) is 0 Å². The third-order valence-electron chi connectivity index (χ3n) is 3.89. The zero-order chi connectivity index (χ0) is 18.9. The molecular weight excluding hydrogens is 398 g/mol. The lowest BCUT2D eigenvalue weighted by atomic mass is 10.0. The lowest BCUT2D eigenvalue weighted by molar-refractivity contribution is -0.148. The predicted molar refractivity (Wildman–Crippen MR) is 103 cm³/mol. The van der Waals surface area contributed by atoms with E-state index in [1.807, 2.05) is 31.2 Å². The second-order valence-corrected chi connectivity index (χ2v) is 6.68. The number of hydrogen-bond donors (Lipinski definition) is 1. The van der Waals surface area contributed by atoms with Crippen molar-refractivity contribution in [2.24, 2.45) is 0 Å². The summed E-state index contributed by atoms with van der Waals surface area (Å²) in [5, 5.41) is 2.89. The number of methoxy groups -OCH3 is 1. The van der Waals surface area contributed by atoms with Gasteiger partial charge in [-0.1, -0.05) is 47.1 Å². The summed E-state index contributed by atoms with van der Waals surface area (Å²) in [5.74, 6) is -0.0371. The van der Waals surface area contributed by atoms with Gasteiger partial charge in [-0.3, -0.25) is 9.59 Å². The molecule has 1 amide bonds. The highest BCUT2D eigenvalue weighted by Gasteiger charge is 2.14. The molecular formula is C20H22BrNO4. The largest absolute Gasteiger partial charge is 0.497 e. The molecule has 1 N–H and O–H groups in total. The number of rotatable bonds is 8. The molecule has 0 saturated carbocycles. The van der Waals surface area contributed by atoms with Crippen LogP contribution < -0.4 is 10.1 Å². The summed E-state index contributed by atoms with van der Waals surface area (Å²) in [6, 6.07) is 14.8. The standard InChI is InChI=1S/C20H22BrNO4/c1-3-18(15-6-8-16(21)9-7-15)22-19(23)13-26-20(24)12-14-4-10-17(25-2)11-5-14/h4-11,18H,3,12-13H2,1-2H3,(H,22,23)/t18-/m1/s1. The van der Waals surface area contributed by atoms with Gasteiger partial charge in [0.15, 0.2) is 6.61 Å². The second kappa shape index (κ2) is 9.97. The van der Waals surface area contributed by atoms with Gasteiger partial charge in [0.05, 0.1) is 19.6 Å². The van der Waals surface area contributed by atoms with Gasteiger partial charge in [-0.05, 0) is 41.8 Å². The van der Waals surface area contributed by atoms with Gasteiger partial charge < -0.3 is 14.8 Å². The molecule has 0 aliphatic rings. The molecule has 26 heavy (non-hydrogen) atoms. The number of halogens is 1. The quantitative estimate of drug-likeness (QED) is 0.660. The summed E-state index contributed by atoms with van der Waals surface area (Å²) in [6.07, 6.45) is 0.856. The van der Waals surface area contributed by atoms with Gasteiger partial charge in [0.2, 0.25) is 0 Å². The average Bonchev–Trinajstić information content (AvgIpc) is 2.66. The Hall–Kier alpha value is -2.34. The molecule has 0 spiro atoms. The van der Waals surface area contributed by atoms with Crippen LogP contribution in [0.3, 0.4) is 0 Å². The van der Waals surface area contributed by atoms with E-state index in [1.165, 1.54) is 0 Å². The maximum absolute atomic E-state index is 12.1. The van der Waals surface area contributed by atoms with E-state index < -0.39 is 5.97 Å². The first-order valence-electron chi connectivity index (χ1n) is 8.35. The molecule has 0 fully saturated rings. The van der Waals surface area contributed by atoms with Gasteiger partial charge >= 0.3 is 5.97 Å². The summed E-state index contributed by atoms with van der Waals surface area (Å²) in [6.45, 7) is 1.70. The number of amides is 1. The van der Waals surface area contributed by atoms with Crippen molar-refractivity contribution in [3.63, 3.8) is 0 Å². The number of hydrogen-bond acceptors (Lipinski definition) is 4. The average molecular weight is 420 g/mol. The number of carbonyl (C=O) groups excluding carboxylic acids is 2. The maximum atomic E-state index is 12.1. The van der Waals surface area contributed by atoms with Crippen LogP contribution in [0.5, 0.6) is 5.75 Å². The Morgan fingerprint density at radius 3 is 2.31 bits per heavy atom. The van der Waals surface area contributed by atoms with E-state index in [0.29, 0.717) is 0 Å². The van der Waals surface area contributed by atoms with E-state index in [9.17, 15) is 9.59 Å². The number of benzene rings is 2. The minimum atomic E-state index is -0.443. The first kappa shape index (κ1) is 20.0. The third-order valence-corrected chi connectivity index (χ3v) is 4.42. The SMILES string of the molecule is CC[C@@H](NC(=O)COC(=O)Cc1ccc(OC)cc1)c1ccc(Br)cc1. The minimum absolute atomic E-state index is 0.112. The molecule has 2 rings (SSSR count). The van der Waals surface area contributed by atoms with E-state index in [-0.39, 0.29) is 25.0 Å². The Morgan fingerprint density at radius 1 is 1.08 bits per heavy atom. The van der Waals surface area contributed by atoms with Gasteiger partial charge in [0.1, 0.15) is 5.75 Å². The molecule has 5 nitrogen and oxygen atoms in total. The zero-order valence-electron chi connectivity index (χ0n) is 14.8. The first-order valence-corrected chi connectivity index (χ1v) is 9.14. The molecule has 0 aliphatic carbocycles. The van der Waals surface area contributed by atoms with Gasteiger partial charge in [-0.15, -0.1) is 0 Å². The molecule has 138 valence electrons. The summed E-state index contributed by atoms with van der Waals surface area (Å²) < 4.78 is 11.1. The van der Waals surface area contributed by atoms with Crippen LogP contribution in [0.25, 0.3) is 0 Å². The smallest absolute Gasteiger partial charge is 0.310 e. The molecule has 0 radical (unpaired) electrons. The second-order valence-electron chi connectivity index (χ2n) is 5.77. The Labute approximate surface area is 161 Å². The number of nitrogens with one attached hydrogen (secondary N) is 1. The maximum Gasteiger partial charge on any atom is 0.310 e. The van der Waals surface area contributed by atoms with E-state index in [4.69, 9.17) is 9.47 Å². The van der Waals surface area contributed by atoms with Crippen molar-refractivity contribution >= 4 is 27.8 Å². The summed E-state index contributed by atoms with van der Waals surface area (Å²) in [5.41, 5.74) is 1.81. The van der Waals surface area contributed by atoms with Crippen LogP contribution in [-0.4, -0.2) is 25.6 Å². The molecule has 0 unspecified atom stereocenters. The van der Waals surface area contributed by atoms with Gasteiger partial charge in [0.25, 0.3) is 5.91 Å². The Balaban J connectivity index is 1.80.